The van der Waals surface area contributed by atoms with Gasteiger partial charge in [-0.3, -0.25) is 9.59 Å². The van der Waals surface area contributed by atoms with E-state index >= 15 is 0 Å². The van der Waals surface area contributed by atoms with Crippen LogP contribution in [0.4, 0.5) is 0 Å². The third-order valence-corrected chi connectivity index (χ3v) is 7.15. The van der Waals surface area contributed by atoms with E-state index in [4.69, 9.17) is 0 Å². The molecule has 2 fully saturated rings. The molecule has 6 nitrogen and oxygen atoms in total. The summed E-state index contributed by atoms with van der Waals surface area (Å²) in [5.41, 5.74) is 10.2. The van der Waals surface area contributed by atoms with E-state index in [1.807, 2.05) is 12.1 Å². The summed E-state index contributed by atoms with van der Waals surface area (Å²) in [6.45, 7) is 0. The number of carbonyl (C=O) groups excluding carboxylic acids is 2. The molecule has 0 atom stereocenters. The van der Waals surface area contributed by atoms with E-state index in [0.717, 1.165) is 62.8 Å². The van der Waals surface area contributed by atoms with Crippen molar-refractivity contribution in [1.29, 1.82) is 0 Å². The van der Waals surface area contributed by atoms with Crippen LogP contribution >= 0.6 is 0 Å². The van der Waals surface area contributed by atoms with Crippen LogP contribution in [0.5, 0.6) is 0 Å². The van der Waals surface area contributed by atoms with Crippen molar-refractivity contribution < 1.29 is 9.59 Å². The van der Waals surface area contributed by atoms with Crippen molar-refractivity contribution in [1.82, 2.24) is 10.9 Å². The lowest BCUT2D eigenvalue weighted by molar-refractivity contribution is -0.122. The number of carbonyl (C=O) groups is 2. The first-order valence-electron chi connectivity index (χ1n) is 13.0. The minimum absolute atomic E-state index is 0.138. The first-order chi connectivity index (χ1) is 17.2. The lowest BCUT2D eigenvalue weighted by Gasteiger charge is -2.23. The zero-order valence-electron chi connectivity index (χ0n) is 20.4. The molecule has 0 aliphatic heterocycles. The molecule has 6 heteroatoms. The zero-order valence-corrected chi connectivity index (χ0v) is 20.4. The maximum Gasteiger partial charge on any atom is 0.240 e. The van der Waals surface area contributed by atoms with Gasteiger partial charge in [0, 0.05) is 24.3 Å². The molecule has 0 saturated heterocycles. The molecule has 2 aliphatic rings. The van der Waals surface area contributed by atoms with Crippen LogP contribution in [0.3, 0.4) is 0 Å². The van der Waals surface area contributed by atoms with E-state index in [0.29, 0.717) is 18.3 Å². The van der Waals surface area contributed by atoms with Gasteiger partial charge in [-0.1, -0.05) is 60.7 Å². The zero-order chi connectivity index (χ0) is 24.3. The highest BCUT2D eigenvalue weighted by atomic mass is 16.2. The Balaban J connectivity index is 1.08. The Hall–Kier alpha value is -3.28. The fourth-order valence-corrected chi connectivity index (χ4v) is 5.05. The van der Waals surface area contributed by atoms with Crippen LogP contribution in [0.2, 0.25) is 0 Å². The quantitative estimate of drug-likeness (QED) is 0.475. The SMILES string of the molecule is O=C(CCCC(=O)NN=C1CCC(c2ccccc2)CC1)NN=C1CCC(c2ccccc2)CC1. The molecular weight excluding hydrogens is 436 g/mol. The summed E-state index contributed by atoms with van der Waals surface area (Å²) < 4.78 is 0. The third-order valence-electron chi connectivity index (χ3n) is 7.15. The number of hydrogen-bond donors (Lipinski definition) is 2. The normalized spacial score (nSPS) is 20.1. The molecule has 2 saturated carbocycles. The van der Waals surface area contributed by atoms with Crippen molar-refractivity contribution in [2.45, 2.75) is 82.5 Å². The predicted molar refractivity (Wildman–Crippen MR) is 140 cm³/mol. The van der Waals surface area contributed by atoms with Gasteiger partial charge in [0.05, 0.1) is 0 Å². The van der Waals surface area contributed by atoms with Gasteiger partial charge < -0.3 is 0 Å². The molecular formula is C29H36N4O2. The number of benzene rings is 2. The summed E-state index contributed by atoms with van der Waals surface area (Å²) in [4.78, 5) is 24.3. The summed E-state index contributed by atoms with van der Waals surface area (Å²) in [6.07, 6.45) is 8.95. The second kappa shape index (κ2) is 13.0. The lowest BCUT2D eigenvalue weighted by atomic mass is 9.83. The largest absolute Gasteiger partial charge is 0.273 e. The van der Waals surface area contributed by atoms with E-state index in [1.165, 1.54) is 11.1 Å². The number of hydrogen-bond acceptors (Lipinski definition) is 4. The molecule has 35 heavy (non-hydrogen) atoms. The van der Waals surface area contributed by atoms with Crippen LogP contribution in [0, 0.1) is 0 Å². The van der Waals surface area contributed by atoms with Crippen molar-refractivity contribution in [2.24, 2.45) is 10.2 Å². The van der Waals surface area contributed by atoms with Crippen LogP contribution in [0.25, 0.3) is 0 Å². The average molecular weight is 473 g/mol. The Bertz CT molecular complexity index is 930. The van der Waals surface area contributed by atoms with Crippen molar-refractivity contribution in [2.75, 3.05) is 0 Å². The van der Waals surface area contributed by atoms with E-state index in [-0.39, 0.29) is 24.7 Å². The van der Waals surface area contributed by atoms with E-state index in [1.54, 1.807) is 0 Å². The second-order valence-corrected chi connectivity index (χ2v) is 9.65. The topological polar surface area (TPSA) is 82.9 Å². The molecule has 0 spiro atoms. The summed E-state index contributed by atoms with van der Waals surface area (Å²) in [5.74, 6) is 0.876. The Kier molecular flexibility index (Phi) is 9.21. The van der Waals surface area contributed by atoms with E-state index < -0.39 is 0 Å². The van der Waals surface area contributed by atoms with Crippen molar-refractivity contribution in [3.8, 4) is 0 Å². The van der Waals surface area contributed by atoms with E-state index in [2.05, 4.69) is 69.6 Å². The maximum atomic E-state index is 12.1. The van der Waals surface area contributed by atoms with Crippen molar-refractivity contribution >= 4 is 23.2 Å². The van der Waals surface area contributed by atoms with Crippen LogP contribution in [0.1, 0.15) is 93.6 Å². The van der Waals surface area contributed by atoms with Gasteiger partial charge >= 0.3 is 0 Å². The molecule has 2 N–H and O–H groups in total. The van der Waals surface area contributed by atoms with Gasteiger partial charge in [-0.25, -0.2) is 10.9 Å². The number of rotatable bonds is 8. The number of amides is 2. The third kappa shape index (κ3) is 7.88. The van der Waals surface area contributed by atoms with Gasteiger partial charge in [0.25, 0.3) is 0 Å². The Labute approximate surface area is 208 Å². The van der Waals surface area contributed by atoms with Gasteiger partial charge in [0.2, 0.25) is 11.8 Å². The fourth-order valence-electron chi connectivity index (χ4n) is 5.05. The predicted octanol–water partition coefficient (Wildman–Crippen LogP) is 5.82. The minimum atomic E-state index is -0.138. The number of hydrazone groups is 2. The van der Waals surface area contributed by atoms with Crippen LogP contribution in [-0.2, 0) is 9.59 Å². The molecule has 2 aliphatic carbocycles. The molecule has 0 aromatic heterocycles. The molecule has 0 heterocycles. The molecule has 4 rings (SSSR count). The van der Waals surface area contributed by atoms with Gasteiger partial charge in [-0.15, -0.1) is 0 Å². The van der Waals surface area contributed by atoms with Crippen molar-refractivity contribution in [3.63, 3.8) is 0 Å². The molecule has 184 valence electrons. The monoisotopic (exact) mass is 472 g/mol. The standard InChI is InChI=1S/C29H36N4O2/c34-28(32-30-26-18-14-24(15-19-26)22-8-3-1-4-9-22)12-7-13-29(35)33-31-27-20-16-25(17-21-27)23-10-5-2-6-11-23/h1-6,8-11,24-25H,7,12-21H2,(H,32,34)(H,33,35). The Morgan fingerprint density at radius 2 is 1.00 bits per heavy atom. The molecule has 2 aromatic rings. The van der Waals surface area contributed by atoms with Crippen LogP contribution in [-0.4, -0.2) is 23.2 Å². The van der Waals surface area contributed by atoms with Crippen molar-refractivity contribution in [3.05, 3.63) is 71.8 Å². The Morgan fingerprint density at radius 1 is 0.629 bits per heavy atom. The Morgan fingerprint density at radius 3 is 1.37 bits per heavy atom. The van der Waals surface area contributed by atoms with Crippen LogP contribution in [0.15, 0.2) is 70.9 Å². The van der Waals surface area contributed by atoms with E-state index in [9.17, 15) is 9.59 Å². The number of nitrogens with zero attached hydrogens (tertiary/aromatic N) is 2. The van der Waals surface area contributed by atoms with Gasteiger partial charge in [0.1, 0.15) is 0 Å². The summed E-state index contributed by atoms with van der Waals surface area (Å²) in [5, 5.41) is 8.66. The fraction of sp³-hybridized carbons (Fsp3) is 0.448. The van der Waals surface area contributed by atoms with Gasteiger partial charge in [-0.2, -0.15) is 10.2 Å². The smallest absolute Gasteiger partial charge is 0.240 e. The molecule has 0 unspecified atom stereocenters. The second-order valence-electron chi connectivity index (χ2n) is 9.65. The van der Waals surface area contributed by atoms with Gasteiger partial charge in [0.15, 0.2) is 0 Å². The summed E-state index contributed by atoms with van der Waals surface area (Å²) >= 11 is 0. The first kappa shape index (κ1) is 24.8. The molecule has 0 bridgehead atoms. The van der Waals surface area contributed by atoms with Crippen LogP contribution < -0.4 is 10.9 Å². The molecule has 0 radical (unpaired) electrons. The minimum Gasteiger partial charge on any atom is -0.273 e. The highest BCUT2D eigenvalue weighted by Gasteiger charge is 2.20. The highest BCUT2D eigenvalue weighted by molar-refractivity contribution is 5.88. The summed E-state index contributed by atoms with van der Waals surface area (Å²) in [7, 11) is 0. The van der Waals surface area contributed by atoms with Gasteiger partial charge in [-0.05, 0) is 80.8 Å². The lowest BCUT2D eigenvalue weighted by Crippen LogP contribution is -2.23. The average Bonchev–Trinajstić information content (AvgIpc) is 2.92. The first-order valence-corrected chi connectivity index (χ1v) is 13.0. The highest BCUT2D eigenvalue weighted by Crippen LogP contribution is 2.32. The maximum absolute atomic E-state index is 12.1. The number of nitrogens with one attached hydrogen (secondary N) is 2. The molecule has 2 amide bonds. The molecule has 2 aromatic carbocycles. The summed E-state index contributed by atoms with van der Waals surface area (Å²) in [6, 6.07) is 21.2.